The molecule has 0 fully saturated rings. The molecule has 0 bridgehead atoms. The fraction of sp³-hybridized carbons (Fsp3) is 0.667. The molecular formula is C18H29NO2. The molecule has 1 heterocycles. The molecule has 1 aliphatic rings. The third-order valence-electron chi connectivity index (χ3n) is 4.10. The van der Waals surface area contributed by atoms with E-state index in [0.717, 1.165) is 24.5 Å². The summed E-state index contributed by atoms with van der Waals surface area (Å²) >= 11 is 0. The Morgan fingerprint density at radius 1 is 1.29 bits per heavy atom. The molecule has 1 aromatic rings. The minimum absolute atomic E-state index is 0.122. The van der Waals surface area contributed by atoms with Gasteiger partial charge in [-0.2, -0.15) is 0 Å². The van der Waals surface area contributed by atoms with E-state index in [0.29, 0.717) is 6.04 Å². The fourth-order valence-electron chi connectivity index (χ4n) is 2.97. The highest BCUT2D eigenvalue weighted by molar-refractivity contribution is 5.44. The molecule has 1 aromatic carbocycles. The molecule has 1 atom stereocenters. The number of rotatable bonds is 7. The lowest BCUT2D eigenvalue weighted by Crippen LogP contribution is -2.39. The van der Waals surface area contributed by atoms with E-state index in [1.165, 1.54) is 31.2 Å². The average Bonchev–Trinajstić information content (AvgIpc) is 2.45. The average molecular weight is 291 g/mol. The minimum Gasteiger partial charge on any atom is -0.497 e. The van der Waals surface area contributed by atoms with E-state index in [9.17, 15) is 0 Å². The van der Waals surface area contributed by atoms with E-state index in [-0.39, 0.29) is 5.60 Å². The van der Waals surface area contributed by atoms with E-state index in [2.05, 4.69) is 32.2 Å². The van der Waals surface area contributed by atoms with Gasteiger partial charge < -0.3 is 14.8 Å². The molecule has 0 saturated heterocycles. The molecule has 0 radical (unpaired) electrons. The molecule has 1 aliphatic heterocycles. The van der Waals surface area contributed by atoms with Crippen LogP contribution in [-0.4, -0.2) is 19.3 Å². The molecule has 0 spiro atoms. The van der Waals surface area contributed by atoms with Crippen LogP contribution in [-0.2, 0) is 0 Å². The number of unbranched alkanes of at least 4 members (excludes halogenated alkanes) is 3. The lowest BCUT2D eigenvalue weighted by atomic mass is 9.89. The van der Waals surface area contributed by atoms with Crippen LogP contribution in [0.2, 0.25) is 0 Å². The van der Waals surface area contributed by atoms with Crippen molar-refractivity contribution in [3.63, 3.8) is 0 Å². The Hall–Kier alpha value is -1.22. The van der Waals surface area contributed by atoms with Crippen LogP contribution in [0.25, 0.3) is 0 Å². The predicted octanol–water partition coefficient (Wildman–Crippen LogP) is 4.47. The number of methoxy groups -OCH3 is 1. The molecule has 3 nitrogen and oxygen atoms in total. The van der Waals surface area contributed by atoms with E-state index < -0.39 is 0 Å². The normalized spacial score (nSPS) is 19.7. The summed E-state index contributed by atoms with van der Waals surface area (Å²) in [5.74, 6) is 1.88. The van der Waals surface area contributed by atoms with Gasteiger partial charge in [0.2, 0.25) is 0 Å². The summed E-state index contributed by atoms with van der Waals surface area (Å²) in [6.45, 7) is 7.63. The van der Waals surface area contributed by atoms with Gasteiger partial charge in [-0.3, -0.25) is 0 Å². The number of hydrogen-bond acceptors (Lipinski definition) is 3. The zero-order valence-corrected chi connectivity index (χ0v) is 13.9. The highest BCUT2D eigenvalue weighted by atomic mass is 16.5. The summed E-state index contributed by atoms with van der Waals surface area (Å²) in [6.07, 6.45) is 6.14. The number of fused-ring (bicyclic) bond motifs is 1. The number of nitrogens with one attached hydrogen (secondary N) is 1. The van der Waals surface area contributed by atoms with Gasteiger partial charge in [0.05, 0.1) is 7.11 Å². The molecule has 21 heavy (non-hydrogen) atoms. The molecule has 118 valence electrons. The summed E-state index contributed by atoms with van der Waals surface area (Å²) in [5.41, 5.74) is 1.10. The second-order valence-corrected chi connectivity index (χ2v) is 6.54. The zero-order chi connectivity index (χ0) is 15.3. The van der Waals surface area contributed by atoms with E-state index >= 15 is 0 Å². The van der Waals surface area contributed by atoms with Gasteiger partial charge >= 0.3 is 0 Å². The van der Waals surface area contributed by atoms with Crippen molar-refractivity contribution in [2.24, 2.45) is 0 Å². The topological polar surface area (TPSA) is 30.5 Å². The van der Waals surface area contributed by atoms with Gasteiger partial charge in [0.15, 0.2) is 0 Å². The summed E-state index contributed by atoms with van der Waals surface area (Å²) in [7, 11) is 1.71. The molecule has 0 saturated carbocycles. The summed E-state index contributed by atoms with van der Waals surface area (Å²) in [6, 6.07) is 6.45. The first-order valence-corrected chi connectivity index (χ1v) is 8.16. The van der Waals surface area contributed by atoms with Gasteiger partial charge in [0.1, 0.15) is 17.1 Å². The zero-order valence-electron chi connectivity index (χ0n) is 13.9. The third kappa shape index (κ3) is 4.37. The maximum atomic E-state index is 6.10. The van der Waals surface area contributed by atoms with Crippen LogP contribution < -0.4 is 14.8 Å². The monoisotopic (exact) mass is 291 g/mol. The molecular weight excluding hydrogens is 262 g/mol. The molecule has 1 N–H and O–H groups in total. The maximum absolute atomic E-state index is 6.10. The van der Waals surface area contributed by atoms with E-state index in [1.807, 2.05) is 12.1 Å². The Morgan fingerprint density at radius 3 is 2.81 bits per heavy atom. The van der Waals surface area contributed by atoms with Gasteiger partial charge in [0.25, 0.3) is 0 Å². The van der Waals surface area contributed by atoms with E-state index in [1.54, 1.807) is 7.11 Å². The second kappa shape index (κ2) is 7.17. The standard InChI is InChI=1S/C18H29NO2/c1-5-6-7-8-11-19-16-13-18(2,3)21-17-10-9-14(20-4)12-15(16)17/h9-10,12,16,19H,5-8,11,13H2,1-4H3. The van der Waals surface area contributed by atoms with Crippen LogP contribution in [0.5, 0.6) is 11.5 Å². The van der Waals surface area contributed by atoms with Crippen molar-refractivity contribution in [1.29, 1.82) is 0 Å². The van der Waals surface area contributed by atoms with Gasteiger partial charge in [0, 0.05) is 18.0 Å². The number of hydrogen-bond donors (Lipinski definition) is 1. The van der Waals surface area contributed by atoms with Gasteiger partial charge in [-0.25, -0.2) is 0 Å². The van der Waals surface area contributed by atoms with Crippen LogP contribution in [0.15, 0.2) is 18.2 Å². The first-order chi connectivity index (χ1) is 10.1. The van der Waals surface area contributed by atoms with Crippen molar-refractivity contribution in [2.75, 3.05) is 13.7 Å². The molecule has 0 aliphatic carbocycles. The first kappa shape index (κ1) is 16.2. The molecule has 3 heteroatoms. The largest absolute Gasteiger partial charge is 0.497 e. The van der Waals surface area contributed by atoms with Crippen molar-refractivity contribution in [1.82, 2.24) is 5.32 Å². The Balaban J connectivity index is 2.06. The lowest BCUT2D eigenvalue weighted by molar-refractivity contribution is 0.0658. The Labute approximate surface area is 129 Å². The molecule has 0 amide bonds. The van der Waals surface area contributed by atoms with Crippen LogP contribution >= 0.6 is 0 Å². The van der Waals surface area contributed by atoms with Crippen LogP contribution in [0.1, 0.15) is 64.5 Å². The second-order valence-electron chi connectivity index (χ2n) is 6.54. The minimum atomic E-state index is -0.122. The van der Waals surface area contributed by atoms with Crippen LogP contribution in [0.4, 0.5) is 0 Å². The van der Waals surface area contributed by atoms with Gasteiger partial charge in [-0.15, -0.1) is 0 Å². The SMILES string of the molecule is CCCCCCNC1CC(C)(C)Oc2ccc(OC)cc21. The van der Waals surface area contributed by atoms with Crippen molar-refractivity contribution in [2.45, 2.75) is 64.5 Å². The number of ether oxygens (including phenoxy) is 2. The summed E-state index contributed by atoms with van der Waals surface area (Å²) < 4.78 is 11.5. The predicted molar refractivity (Wildman–Crippen MR) is 87.2 cm³/mol. The highest BCUT2D eigenvalue weighted by Crippen LogP contribution is 2.41. The molecule has 1 unspecified atom stereocenters. The Kier molecular flexibility index (Phi) is 5.51. The summed E-state index contributed by atoms with van der Waals surface area (Å²) in [5, 5.41) is 3.71. The Bertz CT molecular complexity index is 457. The molecule has 0 aromatic heterocycles. The Morgan fingerprint density at radius 2 is 2.10 bits per heavy atom. The molecule has 2 rings (SSSR count). The lowest BCUT2D eigenvalue weighted by Gasteiger charge is -2.38. The van der Waals surface area contributed by atoms with Crippen molar-refractivity contribution < 1.29 is 9.47 Å². The van der Waals surface area contributed by atoms with Crippen molar-refractivity contribution in [3.05, 3.63) is 23.8 Å². The highest BCUT2D eigenvalue weighted by Gasteiger charge is 2.33. The quantitative estimate of drug-likeness (QED) is 0.752. The first-order valence-electron chi connectivity index (χ1n) is 8.16. The van der Waals surface area contributed by atoms with Gasteiger partial charge in [-0.1, -0.05) is 26.2 Å². The third-order valence-corrected chi connectivity index (χ3v) is 4.10. The summed E-state index contributed by atoms with van der Waals surface area (Å²) in [4.78, 5) is 0. The van der Waals surface area contributed by atoms with Crippen LogP contribution in [0.3, 0.4) is 0 Å². The smallest absolute Gasteiger partial charge is 0.125 e. The number of benzene rings is 1. The van der Waals surface area contributed by atoms with E-state index in [4.69, 9.17) is 9.47 Å². The van der Waals surface area contributed by atoms with Gasteiger partial charge in [-0.05, 0) is 45.0 Å². The van der Waals surface area contributed by atoms with Crippen LogP contribution in [0, 0.1) is 0 Å². The fourth-order valence-corrected chi connectivity index (χ4v) is 2.97. The van der Waals surface area contributed by atoms with Crippen molar-refractivity contribution >= 4 is 0 Å². The van der Waals surface area contributed by atoms with Crippen molar-refractivity contribution in [3.8, 4) is 11.5 Å². The maximum Gasteiger partial charge on any atom is 0.125 e.